The second-order valence-electron chi connectivity index (χ2n) is 3.65. The van der Waals surface area contributed by atoms with Crippen molar-refractivity contribution in [1.29, 1.82) is 0 Å². The lowest BCUT2D eigenvalue weighted by molar-refractivity contribution is 0.0696. The number of nitrogens with two attached hydrogens (primary N) is 1. The van der Waals surface area contributed by atoms with Crippen LogP contribution in [-0.4, -0.2) is 31.7 Å². The number of carbonyl (C=O) groups is 2. The Balaban J connectivity index is 2.40. The monoisotopic (exact) mass is 246 g/mol. The number of primary amides is 1. The predicted molar refractivity (Wildman–Crippen MR) is 61.6 cm³/mol. The summed E-state index contributed by atoms with van der Waals surface area (Å²) in [6.07, 6.45) is 2.68. The fraction of sp³-hybridized carbons (Fsp3) is 0.0909. The largest absolute Gasteiger partial charge is 0.478 e. The van der Waals surface area contributed by atoms with E-state index in [9.17, 15) is 9.59 Å². The molecule has 92 valence electrons. The van der Waals surface area contributed by atoms with Crippen LogP contribution in [0.5, 0.6) is 0 Å². The molecule has 0 aliphatic heterocycles. The minimum Gasteiger partial charge on any atom is -0.478 e. The molecule has 3 N–H and O–H groups in total. The van der Waals surface area contributed by atoms with Crippen LogP contribution in [0.2, 0.25) is 0 Å². The number of hydrogen-bond acceptors (Lipinski definition) is 4. The molecule has 0 bridgehead atoms. The molecule has 0 radical (unpaired) electrons. The number of carboxylic acids is 1. The maximum absolute atomic E-state index is 10.9. The smallest absolute Gasteiger partial charge is 0.339 e. The SMILES string of the molecule is Cc1nn(-c2ccc(C(N)=O)cn2)cc1C(=O)O. The van der Waals surface area contributed by atoms with Gasteiger partial charge in [-0.25, -0.2) is 14.5 Å². The van der Waals surface area contributed by atoms with E-state index < -0.39 is 11.9 Å². The molecular weight excluding hydrogens is 236 g/mol. The molecule has 7 nitrogen and oxygen atoms in total. The van der Waals surface area contributed by atoms with Crippen LogP contribution in [-0.2, 0) is 0 Å². The highest BCUT2D eigenvalue weighted by Gasteiger charge is 2.13. The zero-order valence-corrected chi connectivity index (χ0v) is 9.49. The average molecular weight is 246 g/mol. The number of aromatic nitrogens is 3. The molecule has 0 unspecified atom stereocenters. The van der Waals surface area contributed by atoms with Crippen molar-refractivity contribution in [2.45, 2.75) is 6.92 Å². The van der Waals surface area contributed by atoms with Gasteiger partial charge in [0.1, 0.15) is 5.56 Å². The number of amides is 1. The third-order valence-corrected chi connectivity index (χ3v) is 2.40. The van der Waals surface area contributed by atoms with E-state index in [-0.39, 0.29) is 11.1 Å². The lowest BCUT2D eigenvalue weighted by Gasteiger charge is -2.00. The topological polar surface area (TPSA) is 111 Å². The quantitative estimate of drug-likeness (QED) is 0.812. The minimum absolute atomic E-state index is 0.107. The molecule has 2 rings (SSSR count). The summed E-state index contributed by atoms with van der Waals surface area (Å²) in [5, 5.41) is 12.9. The van der Waals surface area contributed by atoms with Gasteiger partial charge in [-0.3, -0.25) is 4.79 Å². The zero-order valence-electron chi connectivity index (χ0n) is 9.49. The summed E-state index contributed by atoms with van der Waals surface area (Å²) in [5.74, 6) is -1.21. The number of nitrogens with zero attached hydrogens (tertiary/aromatic N) is 3. The molecule has 0 saturated heterocycles. The molecule has 0 atom stereocenters. The van der Waals surface area contributed by atoms with Gasteiger partial charge in [-0.2, -0.15) is 5.10 Å². The Bertz CT molecular complexity index is 616. The summed E-state index contributed by atoms with van der Waals surface area (Å²) in [6.45, 7) is 1.59. The maximum atomic E-state index is 10.9. The standard InChI is InChI=1S/C11H10N4O3/c1-6-8(11(17)18)5-15(14-6)9-3-2-7(4-13-9)10(12)16/h2-5H,1H3,(H2,12,16)(H,17,18). The van der Waals surface area contributed by atoms with E-state index in [0.717, 1.165) is 0 Å². The van der Waals surface area contributed by atoms with Crippen molar-refractivity contribution in [2.24, 2.45) is 5.73 Å². The Labute approximate surface area is 102 Å². The van der Waals surface area contributed by atoms with Gasteiger partial charge in [0.25, 0.3) is 0 Å². The number of pyridine rings is 1. The summed E-state index contributed by atoms with van der Waals surface area (Å²) < 4.78 is 1.34. The van der Waals surface area contributed by atoms with Crippen LogP contribution in [0.3, 0.4) is 0 Å². The van der Waals surface area contributed by atoms with Gasteiger partial charge in [0.05, 0.1) is 11.3 Å². The van der Waals surface area contributed by atoms with E-state index in [4.69, 9.17) is 10.8 Å². The van der Waals surface area contributed by atoms with Crippen molar-refractivity contribution < 1.29 is 14.7 Å². The normalized spacial score (nSPS) is 10.3. The summed E-state index contributed by atoms with van der Waals surface area (Å²) >= 11 is 0. The van der Waals surface area contributed by atoms with E-state index in [1.165, 1.54) is 29.2 Å². The van der Waals surface area contributed by atoms with Gasteiger partial charge in [-0.1, -0.05) is 0 Å². The highest BCUT2D eigenvalue weighted by Crippen LogP contribution is 2.10. The summed E-state index contributed by atoms with van der Waals surface area (Å²) in [5.41, 5.74) is 5.87. The van der Waals surface area contributed by atoms with E-state index in [2.05, 4.69) is 10.1 Å². The van der Waals surface area contributed by atoms with Gasteiger partial charge < -0.3 is 10.8 Å². The van der Waals surface area contributed by atoms with Crippen molar-refractivity contribution in [3.8, 4) is 5.82 Å². The van der Waals surface area contributed by atoms with Crippen molar-refractivity contribution in [2.75, 3.05) is 0 Å². The molecular formula is C11H10N4O3. The summed E-state index contributed by atoms with van der Waals surface area (Å²) in [6, 6.07) is 3.04. The van der Waals surface area contributed by atoms with Crippen molar-refractivity contribution in [1.82, 2.24) is 14.8 Å². The molecule has 2 heterocycles. The van der Waals surface area contributed by atoms with Gasteiger partial charge >= 0.3 is 5.97 Å². The second kappa shape index (κ2) is 4.28. The number of aromatic carboxylic acids is 1. The lowest BCUT2D eigenvalue weighted by atomic mass is 10.2. The van der Waals surface area contributed by atoms with Crippen molar-refractivity contribution in [3.63, 3.8) is 0 Å². The molecule has 0 aliphatic rings. The second-order valence-corrected chi connectivity index (χ2v) is 3.65. The maximum Gasteiger partial charge on any atom is 0.339 e. The third kappa shape index (κ3) is 2.05. The molecule has 0 aromatic carbocycles. The molecule has 2 aromatic heterocycles. The van der Waals surface area contributed by atoms with E-state index in [1.54, 1.807) is 6.92 Å². The number of rotatable bonds is 3. The van der Waals surface area contributed by atoms with E-state index in [0.29, 0.717) is 11.5 Å². The lowest BCUT2D eigenvalue weighted by Crippen LogP contribution is -2.11. The van der Waals surface area contributed by atoms with Gasteiger partial charge in [0.15, 0.2) is 5.82 Å². The van der Waals surface area contributed by atoms with E-state index >= 15 is 0 Å². The summed E-state index contributed by atoms with van der Waals surface area (Å²) in [7, 11) is 0. The first-order chi connectivity index (χ1) is 8.49. The molecule has 0 saturated carbocycles. The first-order valence-electron chi connectivity index (χ1n) is 5.05. The first kappa shape index (κ1) is 11.8. The average Bonchev–Trinajstić information content (AvgIpc) is 2.71. The van der Waals surface area contributed by atoms with Crippen LogP contribution < -0.4 is 5.73 Å². The van der Waals surface area contributed by atoms with Crippen LogP contribution in [0.25, 0.3) is 5.82 Å². The number of carboxylic acid groups (broad SMARTS) is 1. The highest BCUT2D eigenvalue weighted by molar-refractivity contribution is 5.92. The van der Waals surface area contributed by atoms with Gasteiger partial charge in [0, 0.05) is 12.4 Å². The van der Waals surface area contributed by atoms with Crippen LogP contribution in [0.4, 0.5) is 0 Å². The predicted octanol–water partition coefficient (Wildman–Crippen LogP) is 0.373. The van der Waals surface area contributed by atoms with Gasteiger partial charge in [0.2, 0.25) is 5.91 Å². The Morgan fingerprint density at radius 2 is 2.11 bits per heavy atom. The van der Waals surface area contributed by atoms with Crippen molar-refractivity contribution >= 4 is 11.9 Å². The van der Waals surface area contributed by atoms with Gasteiger partial charge in [-0.15, -0.1) is 0 Å². The third-order valence-electron chi connectivity index (χ3n) is 2.40. The van der Waals surface area contributed by atoms with Crippen LogP contribution in [0, 0.1) is 6.92 Å². The molecule has 0 fully saturated rings. The molecule has 1 amide bonds. The highest BCUT2D eigenvalue weighted by atomic mass is 16.4. The number of hydrogen-bond donors (Lipinski definition) is 2. The van der Waals surface area contributed by atoms with Crippen molar-refractivity contribution in [3.05, 3.63) is 41.3 Å². The van der Waals surface area contributed by atoms with Gasteiger partial charge in [-0.05, 0) is 19.1 Å². The number of aryl methyl sites for hydroxylation is 1. The van der Waals surface area contributed by atoms with Crippen LogP contribution >= 0.6 is 0 Å². The van der Waals surface area contributed by atoms with E-state index in [1.807, 2.05) is 0 Å². The fourth-order valence-electron chi connectivity index (χ4n) is 1.45. The molecule has 0 aliphatic carbocycles. The zero-order chi connectivity index (χ0) is 13.3. The Morgan fingerprint density at radius 1 is 1.39 bits per heavy atom. The first-order valence-corrected chi connectivity index (χ1v) is 5.05. The number of carbonyl (C=O) groups excluding carboxylic acids is 1. The van der Waals surface area contributed by atoms with Crippen LogP contribution in [0.15, 0.2) is 24.5 Å². The molecule has 2 aromatic rings. The molecule has 0 spiro atoms. The Hall–Kier alpha value is -2.70. The Kier molecular flexibility index (Phi) is 2.80. The minimum atomic E-state index is -1.05. The molecule has 18 heavy (non-hydrogen) atoms. The van der Waals surface area contributed by atoms with Crippen LogP contribution in [0.1, 0.15) is 26.4 Å². The molecule has 7 heteroatoms. The summed E-state index contributed by atoms with van der Waals surface area (Å²) in [4.78, 5) is 25.7. The fourth-order valence-corrected chi connectivity index (χ4v) is 1.45. The Morgan fingerprint density at radius 3 is 2.56 bits per heavy atom.